The first kappa shape index (κ1) is 11.6. The van der Waals surface area contributed by atoms with E-state index in [0.29, 0.717) is 0 Å². The van der Waals surface area contributed by atoms with Crippen molar-refractivity contribution in [3.63, 3.8) is 0 Å². The molecular weight excluding hydrogens is 262 g/mol. The predicted octanol–water partition coefficient (Wildman–Crippen LogP) is 3.72. The highest BCUT2D eigenvalue weighted by Crippen LogP contribution is 2.25. The number of nitrogens with one attached hydrogen (secondary N) is 1. The summed E-state index contributed by atoms with van der Waals surface area (Å²) in [6, 6.07) is 4.16. The number of rotatable bonds is 4. The highest BCUT2D eigenvalue weighted by molar-refractivity contribution is 7.17. The van der Waals surface area contributed by atoms with Gasteiger partial charge >= 0.3 is 0 Å². The summed E-state index contributed by atoms with van der Waals surface area (Å²) in [6.45, 7) is 2.90. The standard InChI is InChI=1S/C13H13N3S2/c1-9-16-10(8-18-9)2-5-14-13-11-4-7-17-12(11)3-6-15-13/h3-4,6-8H,2,5H2,1H3,(H,14,15). The molecule has 3 aromatic heterocycles. The second-order valence-corrected chi connectivity index (χ2v) is 6.04. The maximum atomic E-state index is 4.45. The average Bonchev–Trinajstić information content (AvgIpc) is 2.98. The van der Waals surface area contributed by atoms with Gasteiger partial charge in [-0.2, -0.15) is 0 Å². The van der Waals surface area contributed by atoms with Gasteiger partial charge < -0.3 is 5.32 Å². The second kappa shape index (κ2) is 5.04. The summed E-state index contributed by atoms with van der Waals surface area (Å²) in [5, 5.41) is 9.94. The van der Waals surface area contributed by atoms with E-state index in [0.717, 1.165) is 29.5 Å². The molecule has 0 saturated carbocycles. The molecule has 1 N–H and O–H groups in total. The Labute approximate surface area is 114 Å². The van der Waals surface area contributed by atoms with Crippen molar-refractivity contribution in [1.29, 1.82) is 0 Å². The van der Waals surface area contributed by atoms with Gasteiger partial charge in [0, 0.05) is 34.6 Å². The Balaban J connectivity index is 1.68. The van der Waals surface area contributed by atoms with Crippen LogP contribution in [0.15, 0.2) is 29.1 Å². The number of hydrogen-bond donors (Lipinski definition) is 1. The molecule has 0 bridgehead atoms. The number of aromatic nitrogens is 2. The third-order valence-electron chi connectivity index (χ3n) is 2.72. The predicted molar refractivity (Wildman–Crippen MR) is 78.7 cm³/mol. The van der Waals surface area contributed by atoms with Gasteiger partial charge in [-0.05, 0) is 24.4 Å². The maximum absolute atomic E-state index is 4.45. The summed E-state index contributed by atoms with van der Waals surface area (Å²) in [6.07, 6.45) is 2.79. The molecule has 0 saturated heterocycles. The lowest BCUT2D eigenvalue weighted by molar-refractivity contribution is 0.963. The number of pyridine rings is 1. The molecule has 0 unspecified atom stereocenters. The van der Waals surface area contributed by atoms with E-state index in [4.69, 9.17) is 0 Å². The fourth-order valence-electron chi connectivity index (χ4n) is 1.87. The van der Waals surface area contributed by atoms with E-state index < -0.39 is 0 Å². The van der Waals surface area contributed by atoms with E-state index in [9.17, 15) is 0 Å². The molecular formula is C13H13N3S2. The lowest BCUT2D eigenvalue weighted by Gasteiger charge is -2.05. The zero-order valence-electron chi connectivity index (χ0n) is 10.0. The van der Waals surface area contributed by atoms with Gasteiger partial charge in [0.05, 0.1) is 10.7 Å². The minimum Gasteiger partial charge on any atom is -0.369 e. The third kappa shape index (κ3) is 2.37. The Bertz CT molecular complexity index is 657. The molecule has 0 fully saturated rings. The number of hydrogen-bond acceptors (Lipinski definition) is 5. The van der Waals surface area contributed by atoms with Gasteiger partial charge in [0.1, 0.15) is 5.82 Å². The van der Waals surface area contributed by atoms with E-state index in [1.165, 1.54) is 10.1 Å². The monoisotopic (exact) mass is 275 g/mol. The Morgan fingerprint density at radius 2 is 2.22 bits per heavy atom. The summed E-state index contributed by atoms with van der Waals surface area (Å²) >= 11 is 3.45. The van der Waals surface area contributed by atoms with Gasteiger partial charge in [0.25, 0.3) is 0 Å². The van der Waals surface area contributed by atoms with Crippen LogP contribution in [0.25, 0.3) is 10.1 Å². The van der Waals surface area contributed by atoms with Crippen molar-refractivity contribution in [3.05, 3.63) is 39.8 Å². The highest BCUT2D eigenvalue weighted by atomic mass is 32.1. The summed E-state index contributed by atoms with van der Waals surface area (Å²) in [4.78, 5) is 8.85. The number of thiophene rings is 1. The quantitative estimate of drug-likeness (QED) is 0.788. The molecule has 0 aliphatic heterocycles. The lowest BCUT2D eigenvalue weighted by atomic mass is 10.3. The Morgan fingerprint density at radius 3 is 3.06 bits per heavy atom. The van der Waals surface area contributed by atoms with Crippen molar-refractivity contribution in [2.45, 2.75) is 13.3 Å². The Kier molecular flexibility index (Phi) is 3.25. The van der Waals surface area contributed by atoms with Gasteiger partial charge in [-0.3, -0.25) is 0 Å². The van der Waals surface area contributed by atoms with Crippen molar-refractivity contribution in [2.24, 2.45) is 0 Å². The molecule has 18 heavy (non-hydrogen) atoms. The lowest BCUT2D eigenvalue weighted by Crippen LogP contribution is -2.06. The first-order valence-corrected chi connectivity index (χ1v) is 7.56. The van der Waals surface area contributed by atoms with Crippen molar-refractivity contribution in [3.8, 4) is 0 Å². The van der Waals surface area contributed by atoms with Gasteiger partial charge in [0.2, 0.25) is 0 Å². The van der Waals surface area contributed by atoms with Crippen molar-refractivity contribution < 1.29 is 0 Å². The highest BCUT2D eigenvalue weighted by Gasteiger charge is 2.03. The van der Waals surface area contributed by atoms with E-state index in [1.54, 1.807) is 22.7 Å². The molecule has 0 spiro atoms. The normalized spacial score (nSPS) is 10.9. The molecule has 3 aromatic rings. The molecule has 3 rings (SSSR count). The maximum Gasteiger partial charge on any atom is 0.134 e. The second-order valence-electron chi connectivity index (χ2n) is 4.03. The molecule has 0 atom stereocenters. The summed E-state index contributed by atoms with van der Waals surface area (Å²) in [5.74, 6) is 0.973. The zero-order chi connectivity index (χ0) is 12.4. The fourth-order valence-corrected chi connectivity index (χ4v) is 3.30. The SMILES string of the molecule is Cc1nc(CCNc2nccc3sccc23)cs1. The van der Waals surface area contributed by atoms with Crippen LogP contribution in [0.5, 0.6) is 0 Å². The van der Waals surface area contributed by atoms with E-state index in [-0.39, 0.29) is 0 Å². The molecule has 3 heterocycles. The van der Waals surface area contributed by atoms with Gasteiger partial charge in [-0.1, -0.05) is 0 Å². The molecule has 5 heteroatoms. The summed E-state index contributed by atoms with van der Waals surface area (Å²) < 4.78 is 1.28. The van der Waals surface area contributed by atoms with Crippen LogP contribution in [-0.4, -0.2) is 16.5 Å². The summed E-state index contributed by atoms with van der Waals surface area (Å²) in [7, 11) is 0. The molecule has 3 nitrogen and oxygen atoms in total. The topological polar surface area (TPSA) is 37.8 Å². The molecule has 0 radical (unpaired) electrons. The van der Waals surface area contributed by atoms with E-state index >= 15 is 0 Å². The van der Waals surface area contributed by atoms with Crippen molar-refractivity contribution in [1.82, 2.24) is 9.97 Å². The zero-order valence-corrected chi connectivity index (χ0v) is 11.6. The van der Waals surface area contributed by atoms with Crippen LogP contribution < -0.4 is 5.32 Å². The number of thiazole rings is 1. The van der Waals surface area contributed by atoms with Crippen LogP contribution in [0.2, 0.25) is 0 Å². The van der Waals surface area contributed by atoms with Crippen LogP contribution in [0, 0.1) is 6.92 Å². The Hall–Kier alpha value is -1.46. The first-order chi connectivity index (χ1) is 8.83. The van der Waals surface area contributed by atoms with Gasteiger partial charge in [-0.15, -0.1) is 22.7 Å². The van der Waals surface area contributed by atoms with Crippen LogP contribution in [-0.2, 0) is 6.42 Å². The number of aryl methyl sites for hydroxylation is 1. The largest absolute Gasteiger partial charge is 0.369 e. The molecule has 0 amide bonds. The molecule has 0 aliphatic carbocycles. The van der Waals surface area contributed by atoms with Gasteiger partial charge in [-0.25, -0.2) is 9.97 Å². The van der Waals surface area contributed by atoms with Crippen LogP contribution in [0.4, 0.5) is 5.82 Å². The average molecular weight is 275 g/mol. The number of anilines is 1. The van der Waals surface area contributed by atoms with Crippen LogP contribution in [0.3, 0.4) is 0 Å². The number of nitrogens with zero attached hydrogens (tertiary/aromatic N) is 2. The first-order valence-electron chi connectivity index (χ1n) is 5.80. The minimum atomic E-state index is 0.866. The van der Waals surface area contributed by atoms with Crippen LogP contribution in [0.1, 0.15) is 10.7 Å². The van der Waals surface area contributed by atoms with Crippen molar-refractivity contribution in [2.75, 3.05) is 11.9 Å². The van der Waals surface area contributed by atoms with E-state index in [2.05, 4.69) is 38.2 Å². The van der Waals surface area contributed by atoms with Gasteiger partial charge in [0.15, 0.2) is 0 Å². The minimum absolute atomic E-state index is 0.866. The summed E-state index contributed by atoms with van der Waals surface area (Å²) in [5.41, 5.74) is 1.16. The fraction of sp³-hybridized carbons (Fsp3) is 0.231. The molecule has 0 aromatic carbocycles. The molecule has 0 aliphatic rings. The third-order valence-corrected chi connectivity index (χ3v) is 4.42. The van der Waals surface area contributed by atoms with Crippen LogP contribution >= 0.6 is 22.7 Å². The van der Waals surface area contributed by atoms with Crippen molar-refractivity contribution >= 4 is 38.6 Å². The number of fused-ring (bicyclic) bond motifs is 1. The molecule has 92 valence electrons. The van der Waals surface area contributed by atoms with E-state index in [1.807, 2.05) is 13.1 Å². The smallest absolute Gasteiger partial charge is 0.134 e. The Morgan fingerprint density at radius 1 is 1.28 bits per heavy atom.